The van der Waals surface area contributed by atoms with Crippen molar-refractivity contribution < 1.29 is 33.3 Å². The van der Waals surface area contributed by atoms with E-state index in [0.717, 1.165) is 18.4 Å². The Kier molecular flexibility index (Phi) is 8.83. The van der Waals surface area contributed by atoms with Crippen molar-refractivity contribution in [3.8, 4) is 0 Å². The molecule has 0 amide bonds. The van der Waals surface area contributed by atoms with Crippen molar-refractivity contribution in [1.29, 1.82) is 0 Å². The minimum atomic E-state index is -0.632. The molecule has 176 valence electrons. The first-order chi connectivity index (χ1) is 14.4. The van der Waals surface area contributed by atoms with E-state index in [1.54, 1.807) is 0 Å². The van der Waals surface area contributed by atoms with E-state index in [4.69, 9.17) is 18.9 Å². The van der Waals surface area contributed by atoms with Gasteiger partial charge in [0.25, 0.3) is 0 Å². The average Bonchev–Trinajstić information content (AvgIpc) is 3.30. The topological polar surface area (TPSA) is 91.4 Å². The molecule has 2 saturated heterocycles. The van der Waals surface area contributed by atoms with Gasteiger partial charge in [-0.05, 0) is 64.5 Å². The van der Waals surface area contributed by atoms with E-state index < -0.39 is 5.60 Å². The predicted molar refractivity (Wildman–Crippen MR) is 115 cm³/mol. The number of epoxide rings is 1. The molecule has 2 fully saturated rings. The molecule has 2 rings (SSSR count). The molecule has 0 aromatic rings. The van der Waals surface area contributed by atoms with Gasteiger partial charge in [-0.15, -0.1) is 0 Å². The summed E-state index contributed by atoms with van der Waals surface area (Å²) in [5, 5.41) is 0. The Bertz CT molecular complexity index is 696. The summed E-state index contributed by atoms with van der Waals surface area (Å²) >= 11 is 0. The van der Waals surface area contributed by atoms with E-state index in [1.807, 2.05) is 33.8 Å². The van der Waals surface area contributed by atoms with Crippen molar-refractivity contribution in [2.24, 2.45) is 5.92 Å². The third-order valence-corrected chi connectivity index (χ3v) is 6.37. The fourth-order valence-electron chi connectivity index (χ4n) is 4.02. The minimum Gasteiger partial charge on any atom is -0.462 e. The van der Waals surface area contributed by atoms with Crippen LogP contribution in [0.25, 0.3) is 0 Å². The quantitative estimate of drug-likeness (QED) is 0.290. The van der Waals surface area contributed by atoms with Gasteiger partial charge in [-0.25, -0.2) is 0 Å². The summed E-state index contributed by atoms with van der Waals surface area (Å²) in [7, 11) is 0. The monoisotopic (exact) mass is 438 g/mol. The van der Waals surface area contributed by atoms with Crippen LogP contribution in [-0.2, 0) is 33.3 Å². The Morgan fingerprint density at radius 2 is 1.87 bits per heavy atom. The molecule has 4 atom stereocenters. The summed E-state index contributed by atoms with van der Waals surface area (Å²) < 4.78 is 22.4. The van der Waals surface area contributed by atoms with Gasteiger partial charge in [0, 0.05) is 26.2 Å². The van der Waals surface area contributed by atoms with E-state index >= 15 is 0 Å². The molecule has 7 nitrogen and oxygen atoms in total. The van der Waals surface area contributed by atoms with Crippen LogP contribution in [0.5, 0.6) is 0 Å². The fraction of sp³-hybridized carbons (Fsp3) is 0.792. The van der Waals surface area contributed by atoms with Crippen LogP contribution in [0.3, 0.4) is 0 Å². The van der Waals surface area contributed by atoms with Gasteiger partial charge < -0.3 is 18.9 Å². The van der Waals surface area contributed by atoms with E-state index in [-0.39, 0.29) is 48.1 Å². The molecular formula is C24H38O7. The number of hydrogen-bond donors (Lipinski definition) is 0. The molecule has 0 aliphatic carbocycles. The van der Waals surface area contributed by atoms with Crippen LogP contribution in [0, 0.1) is 5.92 Å². The Morgan fingerprint density at radius 1 is 1.19 bits per heavy atom. The smallest absolute Gasteiger partial charge is 0.303 e. The normalized spacial score (nSPS) is 29.7. The van der Waals surface area contributed by atoms with Crippen molar-refractivity contribution in [1.82, 2.24) is 0 Å². The van der Waals surface area contributed by atoms with Crippen molar-refractivity contribution >= 4 is 17.7 Å². The van der Waals surface area contributed by atoms with E-state index in [9.17, 15) is 14.4 Å². The van der Waals surface area contributed by atoms with E-state index in [0.29, 0.717) is 32.3 Å². The molecule has 0 N–H and O–H groups in total. The van der Waals surface area contributed by atoms with Gasteiger partial charge >= 0.3 is 11.9 Å². The van der Waals surface area contributed by atoms with Gasteiger partial charge in [0.15, 0.2) is 0 Å². The van der Waals surface area contributed by atoms with Gasteiger partial charge in [-0.1, -0.05) is 6.92 Å². The number of esters is 2. The van der Waals surface area contributed by atoms with Gasteiger partial charge in [-0.3, -0.25) is 14.4 Å². The van der Waals surface area contributed by atoms with Gasteiger partial charge in [0.1, 0.15) is 24.1 Å². The average molecular weight is 439 g/mol. The molecular weight excluding hydrogens is 400 g/mol. The number of carbonyl (C=O) groups is 3. The van der Waals surface area contributed by atoms with Gasteiger partial charge in [-0.2, -0.15) is 0 Å². The van der Waals surface area contributed by atoms with Crippen LogP contribution in [-0.4, -0.2) is 54.3 Å². The number of ether oxygens (including phenoxy) is 4. The summed E-state index contributed by atoms with van der Waals surface area (Å²) in [6, 6.07) is 0. The Morgan fingerprint density at radius 3 is 2.45 bits per heavy atom. The van der Waals surface area contributed by atoms with Crippen LogP contribution in [0.2, 0.25) is 0 Å². The maximum Gasteiger partial charge on any atom is 0.303 e. The SMILES string of the molecule is CC(=O)OC/C=C1\CC[C@@H](OC(C)=O)[C@](C)(CCCC(C)C(=O)CC2OC2(C)C)OC1. The van der Waals surface area contributed by atoms with Crippen LogP contribution >= 0.6 is 0 Å². The van der Waals surface area contributed by atoms with Crippen molar-refractivity contribution in [3.63, 3.8) is 0 Å². The van der Waals surface area contributed by atoms with Crippen LogP contribution in [0.4, 0.5) is 0 Å². The van der Waals surface area contributed by atoms with Crippen molar-refractivity contribution in [2.75, 3.05) is 13.2 Å². The Labute approximate surface area is 185 Å². The van der Waals surface area contributed by atoms with E-state index in [1.165, 1.54) is 13.8 Å². The second-order valence-electron chi connectivity index (χ2n) is 9.58. The van der Waals surface area contributed by atoms with Crippen LogP contribution in [0.15, 0.2) is 11.6 Å². The third kappa shape index (κ3) is 8.04. The maximum absolute atomic E-state index is 12.5. The molecule has 0 aromatic heterocycles. The lowest BCUT2D eigenvalue weighted by Crippen LogP contribution is -2.43. The fourth-order valence-corrected chi connectivity index (χ4v) is 4.02. The first kappa shape index (κ1) is 25.5. The lowest BCUT2D eigenvalue weighted by Gasteiger charge is -2.35. The number of ketones is 1. The summed E-state index contributed by atoms with van der Waals surface area (Å²) in [5.41, 5.74) is 0.222. The first-order valence-corrected chi connectivity index (χ1v) is 11.3. The van der Waals surface area contributed by atoms with Crippen molar-refractivity contribution in [3.05, 3.63) is 11.6 Å². The number of carbonyl (C=O) groups excluding carboxylic acids is 3. The Balaban J connectivity index is 1.91. The molecule has 31 heavy (non-hydrogen) atoms. The number of rotatable bonds is 10. The maximum atomic E-state index is 12.5. The highest BCUT2D eigenvalue weighted by Gasteiger charge is 2.48. The zero-order valence-corrected chi connectivity index (χ0v) is 19.8. The third-order valence-electron chi connectivity index (χ3n) is 6.37. The van der Waals surface area contributed by atoms with E-state index in [2.05, 4.69) is 0 Å². The lowest BCUT2D eigenvalue weighted by molar-refractivity contribution is -0.167. The predicted octanol–water partition coefficient (Wildman–Crippen LogP) is 3.92. The summed E-state index contributed by atoms with van der Waals surface area (Å²) in [5.74, 6) is -0.465. The Hall–Kier alpha value is -1.73. The zero-order chi connectivity index (χ0) is 23.2. The molecule has 2 aliphatic rings. The summed E-state index contributed by atoms with van der Waals surface area (Å²) in [4.78, 5) is 35.1. The number of hydrogen-bond acceptors (Lipinski definition) is 7. The molecule has 2 aliphatic heterocycles. The molecule has 0 saturated carbocycles. The summed E-state index contributed by atoms with van der Waals surface area (Å²) in [6.45, 7) is 11.3. The molecule has 0 radical (unpaired) electrons. The van der Waals surface area contributed by atoms with Crippen LogP contribution in [0.1, 0.15) is 80.1 Å². The standard InChI is InChI=1S/C24H38O7/c1-16(20(27)14-22-23(4,5)31-22)8-7-12-24(6)21(30-18(3)26)10-9-19(15-29-24)11-13-28-17(2)25/h11,16,21-22H,7-10,12-15H2,1-6H3/b19-11+/t16?,21-,22?,24+/m1/s1. The molecule has 0 aromatic carbocycles. The molecule has 7 heteroatoms. The second-order valence-corrected chi connectivity index (χ2v) is 9.58. The van der Waals surface area contributed by atoms with Gasteiger partial charge in [0.2, 0.25) is 0 Å². The molecule has 0 spiro atoms. The second kappa shape index (κ2) is 10.7. The number of Topliss-reactive ketones (excluding diaryl/α,β-unsaturated/α-hetero) is 1. The van der Waals surface area contributed by atoms with Gasteiger partial charge in [0.05, 0.1) is 18.3 Å². The van der Waals surface area contributed by atoms with Crippen molar-refractivity contribution in [2.45, 2.75) is 103 Å². The highest BCUT2D eigenvalue weighted by Crippen LogP contribution is 2.39. The largest absolute Gasteiger partial charge is 0.462 e. The molecule has 2 heterocycles. The highest BCUT2D eigenvalue weighted by molar-refractivity contribution is 5.81. The minimum absolute atomic E-state index is 0.0377. The zero-order valence-electron chi connectivity index (χ0n) is 19.8. The first-order valence-electron chi connectivity index (χ1n) is 11.3. The molecule has 0 bridgehead atoms. The highest BCUT2D eigenvalue weighted by atomic mass is 16.6. The molecule has 2 unspecified atom stereocenters. The summed E-state index contributed by atoms with van der Waals surface area (Å²) in [6.07, 6.45) is 5.59. The lowest BCUT2D eigenvalue weighted by atomic mass is 9.87. The van der Waals surface area contributed by atoms with Crippen LogP contribution < -0.4 is 0 Å².